The third-order valence-electron chi connectivity index (χ3n) is 5.24. The lowest BCUT2D eigenvalue weighted by Gasteiger charge is -2.36. The molecule has 3 aromatic heterocycles. The molecule has 144 valence electrons. The van der Waals surface area contributed by atoms with Crippen molar-refractivity contribution in [1.29, 1.82) is 0 Å². The number of rotatable bonds is 2. The van der Waals surface area contributed by atoms with Crippen LogP contribution in [0.4, 0.5) is 11.5 Å². The first-order chi connectivity index (χ1) is 14.3. The van der Waals surface area contributed by atoms with Gasteiger partial charge in [0, 0.05) is 55.5 Å². The lowest BCUT2D eigenvalue weighted by atomic mass is 10.1. The van der Waals surface area contributed by atoms with Crippen LogP contribution >= 0.6 is 12.2 Å². The number of nitrogens with one attached hydrogen (secondary N) is 1. The first kappa shape index (κ1) is 17.8. The molecule has 1 aliphatic heterocycles. The van der Waals surface area contributed by atoms with Gasteiger partial charge in [-0.15, -0.1) is 0 Å². The Hall–Kier alpha value is -3.32. The fourth-order valence-corrected chi connectivity index (χ4v) is 4.06. The van der Waals surface area contributed by atoms with Crippen molar-refractivity contribution in [3.63, 3.8) is 0 Å². The van der Waals surface area contributed by atoms with E-state index in [1.54, 1.807) is 6.20 Å². The van der Waals surface area contributed by atoms with E-state index >= 15 is 0 Å². The monoisotopic (exact) mass is 400 g/mol. The van der Waals surface area contributed by atoms with Gasteiger partial charge in [-0.05, 0) is 48.6 Å². The number of fused-ring (bicyclic) bond motifs is 3. The molecule has 0 spiro atoms. The summed E-state index contributed by atoms with van der Waals surface area (Å²) >= 11 is 5.73. The molecule has 0 atom stereocenters. The first-order valence-corrected chi connectivity index (χ1v) is 10.0. The number of nitrogens with zero attached hydrogens (tertiary/aromatic N) is 5. The first-order valence-electron chi connectivity index (χ1n) is 9.64. The van der Waals surface area contributed by atoms with Crippen molar-refractivity contribution in [2.75, 3.05) is 36.4 Å². The highest BCUT2D eigenvalue weighted by atomic mass is 32.1. The van der Waals surface area contributed by atoms with Crippen molar-refractivity contribution in [1.82, 2.24) is 19.9 Å². The zero-order chi connectivity index (χ0) is 19.6. The van der Waals surface area contributed by atoms with E-state index in [9.17, 15) is 0 Å². The molecule has 6 nitrogen and oxygen atoms in total. The Balaban J connectivity index is 1.36. The van der Waals surface area contributed by atoms with E-state index in [4.69, 9.17) is 12.2 Å². The van der Waals surface area contributed by atoms with Crippen molar-refractivity contribution in [2.45, 2.75) is 0 Å². The highest BCUT2D eigenvalue weighted by Gasteiger charge is 2.20. The van der Waals surface area contributed by atoms with E-state index in [1.807, 2.05) is 42.7 Å². The zero-order valence-electron chi connectivity index (χ0n) is 15.8. The van der Waals surface area contributed by atoms with Gasteiger partial charge in [0.2, 0.25) is 0 Å². The Labute approximate surface area is 174 Å². The van der Waals surface area contributed by atoms with Crippen LogP contribution in [0.15, 0.2) is 67.1 Å². The minimum Gasteiger partial charge on any atom is -0.353 e. The molecule has 29 heavy (non-hydrogen) atoms. The number of piperazine rings is 1. The number of pyridine rings is 3. The van der Waals surface area contributed by atoms with Crippen molar-refractivity contribution in [3.8, 4) is 0 Å². The van der Waals surface area contributed by atoms with E-state index in [2.05, 4.69) is 48.3 Å². The maximum absolute atomic E-state index is 5.73. The van der Waals surface area contributed by atoms with Gasteiger partial charge >= 0.3 is 0 Å². The molecule has 1 fully saturated rings. The average Bonchev–Trinajstić information content (AvgIpc) is 2.80. The summed E-state index contributed by atoms with van der Waals surface area (Å²) in [5, 5.41) is 6.25. The molecule has 5 rings (SSSR count). The summed E-state index contributed by atoms with van der Waals surface area (Å²) < 4.78 is 0. The molecule has 0 saturated carbocycles. The van der Waals surface area contributed by atoms with Crippen LogP contribution in [0.2, 0.25) is 0 Å². The molecule has 7 heteroatoms. The van der Waals surface area contributed by atoms with E-state index in [-0.39, 0.29) is 0 Å². The fourth-order valence-electron chi connectivity index (χ4n) is 3.76. The number of hydrogen-bond acceptors (Lipinski definition) is 5. The molecular weight excluding hydrogens is 380 g/mol. The third kappa shape index (κ3) is 3.45. The van der Waals surface area contributed by atoms with Crippen LogP contribution in [0.3, 0.4) is 0 Å². The Morgan fingerprint density at radius 3 is 2.38 bits per heavy atom. The summed E-state index contributed by atoms with van der Waals surface area (Å²) in [5.41, 5.74) is 2.75. The Bertz CT molecular complexity index is 1170. The van der Waals surface area contributed by atoms with Gasteiger partial charge in [-0.3, -0.25) is 9.97 Å². The molecule has 0 amide bonds. The normalized spacial score (nSPS) is 14.3. The molecule has 0 bridgehead atoms. The third-order valence-corrected chi connectivity index (χ3v) is 5.60. The molecule has 4 aromatic rings. The van der Waals surface area contributed by atoms with Gasteiger partial charge in [0.15, 0.2) is 5.11 Å². The molecule has 0 radical (unpaired) electrons. The largest absolute Gasteiger partial charge is 0.353 e. The van der Waals surface area contributed by atoms with Crippen LogP contribution in [-0.2, 0) is 0 Å². The Kier molecular flexibility index (Phi) is 4.65. The Morgan fingerprint density at radius 2 is 1.59 bits per heavy atom. The second-order valence-corrected chi connectivity index (χ2v) is 7.38. The minimum atomic E-state index is 0.723. The number of benzene rings is 1. The quantitative estimate of drug-likeness (QED) is 0.407. The van der Waals surface area contributed by atoms with Gasteiger partial charge in [0.1, 0.15) is 5.82 Å². The Morgan fingerprint density at radius 1 is 0.828 bits per heavy atom. The number of aromatic nitrogens is 3. The van der Waals surface area contributed by atoms with E-state index in [1.165, 1.54) is 0 Å². The van der Waals surface area contributed by atoms with Crippen molar-refractivity contribution < 1.29 is 0 Å². The van der Waals surface area contributed by atoms with Crippen LogP contribution in [-0.4, -0.2) is 51.1 Å². The molecule has 4 heterocycles. The standard InChI is InChI=1S/C22H20N6S/c29-22(28-13-11-27(12-14-28)19-7-1-2-8-23-19)26-18-15-16-5-3-9-24-20(16)17-6-4-10-25-21(17)18/h1-10,15H,11-14H2,(H,26,29). The lowest BCUT2D eigenvalue weighted by molar-refractivity contribution is 0.389. The van der Waals surface area contributed by atoms with Crippen molar-refractivity contribution in [2.24, 2.45) is 0 Å². The highest BCUT2D eigenvalue weighted by molar-refractivity contribution is 7.80. The molecule has 1 N–H and O–H groups in total. The summed E-state index contributed by atoms with van der Waals surface area (Å²) in [5.74, 6) is 1.02. The van der Waals surface area contributed by atoms with Crippen LogP contribution in [0, 0.1) is 0 Å². The average molecular weight is 401 g/mol. The van der Waals surface area contributed by atoms with E-state index in [0.717, 1.165) is 64.6 Å². The maximum atomic E-state index is 5.73. The van der Waals surface area contributed by atoms with Crippen molar-refractivity contribution in [3.05, 3.63) is 67.1 Å². The van der Waals surface area contributed by atoms with Gasteiger partial charge in [0.05, 0.1) is 16.7 Å². The van der Waals surface area contributed by atoms with E-state index in [0.29, 0.717) is 0 Å². The van der Waals surface area contributed by atoms with Gasteiger partial charge < -0.3 is 15.1 Å². The summed E-state index contributed by atoms with van der Waals surface area (Å²) in [7, 11) is 0. The van der Waals surface area contributed by atoms with Crippen LogP contribution in [0.1, 0.15) is 0 Å². The zero-order valence-corrected chi connectivity index (χ0v) is 16.6. The summed E-state index contributed by atoms with van der Waals surface area (Å²) in [6.07, 6.45) is 5.45. The lowest BCUT2D eigenvalue weighted by Crippen LogP contribution is -2.50. The van der Waals surface area contributed by atoms with Crippen LogP contribution < -0.4 is 10.2 Å². The van der Waals surface area contributed by atoms with Gasteiger partial charge in [0.25, 0.3) is 0 Å². The predicted molar refractivity (Wildman–Crippen MR) is 121 cm³/mol. The molecule has 0 unspecified atom stereocenters. The van der Waals surface area contributed by atoms with Crippen LogP contribution in [0.5, 0.6) is 0 Å². The molecule has 0 aliphatic carbocycles. The number of hydrogen-bond donors (Lipinski definition) is 1. The van der Waals surface area contributed by atoms with Gasteiger partial charge in [-0.2, -0.15) is 0 Å². The minimum absolute atomic E-state index is 0.723. The fraction of sp³-hybridized carbons (Fsp3) is 0.182. The topological polar surface area (TPSA) is 57.2 Å². The molecule has 1 saturated heterocycles. The highest BCUT2D eigenvalue weighted by Crippen LogP contribution is 2.29. The van der Waals surface area contributed by atoms with Gasteiger partial charge in [-0.25, -0.2) is 4.98 Å². The number of anilines is 2. The van der Waals surface area contributed by atoms with E-state index < -0.39 is 0 Å². The summed E-state index contributed by atoms with van der Waals surface area (Å²) in [4.78, 5) is 18.1. The molecule has 1 aliphatic rings. The SMILES string of the molecule is S=C(Nc1cc2cccnc2c2cccnc12)N1CCN(c2ccccn2)CC1. The molecule has 1 aromatic carbocycles. The van der Waals surface area contributed by atoms with Crippen LogP contribution in [0.25, 0.3) is 21.8 Å². The maximum Gasteiger partial charge on any atom is 0.173 e. The second kappa shape index (κ2) is 7.60. The summed E-state index contributed by atoms with van der Waals surface area (Å²) in [6, 6.07) is 16.1. The van der Waals surface area contributed by atoms with Crippen molar-refractivity contribution >= 4 is 50.6 Å². The molecular formula is C22H20N6S. The van der Waals surface area contributed by atoms with Gasteiger partial charge in [-0.1, -0.05) is 12.1 Å². The summed E-state index contributed by atoms with van der Waals surface area (Å²) in [6.45, 7) is 3.48. The smallest absolute Gasteiger partial charge is 0.173 e. The second-order valence-electron chi connectivity index (χ2n) is 6.99. The number of thiocarbonyl (C=S) groups is 1. The predicted octanol–water partition coefficient (Wildman–Crippen LogP) is 3.70.